The van der Waals surface area contributed by atoms with Gasteiger partial charge in [-0.2, -0.15) is 0 Å². The van der Waals surface area contributed by atoms with Crippen LogP contribution in [0.1, 0.15) is 50.3 Å². The maximum Gasteiger partial charge on any atom is 0.0370 e. The molecular formula is C11H16S4. The molecule has 0 N–H and O–H groups in total. The summed E-state index contributed by atoms with van der Waals surface area (Å²) >= 11 is 0. The summed E-state index contributed by atoms with van der Waals surface area (Å²) in [5, 5.41) is 0. The van der Waals surface area contributed by atoms with Crippen molar-refractivity contribution < 1.29 is 0 Å². The van der Waals surface area contributed by atoms with E-state index < -0.39 is 0 Å². The van der Waals surface area contributed by atoms with Gasteiger partial charge in [0.2, 0.25) is 0 Å². The van der Waals surface area contributed by atoms with E-state index in [0.717, 1.165) is 0 Å². The number of hydrogen-bond acceptors (Lipinski definition) is 4. The lowest BCUT2D eigenvalue weighted by atomic mass is 9.65. The summed E-state index contributed by atoms with van der Waals surface area (Å²) in [6.07, 6.45) is 2.77. The minimum Gasteiger partial charge on any atom is -0.0718 e. The van der Waals surface area contributed by atoms with E-state index in [2.05, 4.69) is 27.7 Å². The fraction of sp³-hybridized carbons (Fsp3) is 0.818. The summed E-state index contributed by atoms with van der Waals surface area (Å²) in [6, 6.07) is 0. The molecule has 0 aromatic carbocycles. The molecule has 1 aromatic heterocycles. The zero-order valence-corrected chi connectivity index (χ0v) is 12.8. The van der Waals surface area contributed by atoms with E-state index in [0.29, 0.717) is 16.2 Å². The molecular weight excluding hydrogens is 260 g/mol. The van der Waals surface area contributed by atoms with Crippen molar-refractivity contribution >= 4 is 39.4 Å². The van der Waals surface area contributed by atoms with Crippen LogP contribution in [0, 0.1) is 5.41 Å². The minimum absolute atomic E-state index is 0.441. The van der Waals surface area contributed by atoms with E-state index in [1.807, 2.05) is 39.4 Å². The largest absolute Gasteiger partial charge is 0.0718 e. The van der Waals surface area contributed by atoms with Gasteiger partial charge in [-0.05, 0) is 36.9 Å². The predicted molar refractivity (Wildman–Crippen MR) is 73.3 cm³/mol. The second-order valence-electron chi connectivity index (χ2n) is 5.75. The lowest BCUT2D eigenvalue weighted by molar-refractivity contribution is 0.174. The molecule has 84 valence electrons. The first kappa shape index (κ1) is 10.8. The Morgan fingerprint density at radius 2 is 1.20 bits per heavy atom. The molecule has 4 heteroatoms. The highest BCUT2D eigenvalue weighted by Gasteiger charge is 2.66. The molecule has 0 nitrogen and oxygen atoms in total. The number of fused-ring (bicyclic) bond motifs is 5. The molecule has 1 heterocycles. The van der Waals surface area contributed by atoms with E-state index in [1.54, 1.807) is 9.75 Å². The fourth-order valence-corrected chi connectivity index (χ4v) is 11.2. The van der Waals surface area contributed by atoms with E-state index in [9.17, 15) is 0 Å². The quantitative estimate of drug-likeness (QED) is 0.556. The van der Waals surface area contributed by atoms with E-state index in [4.69, 9.17) is 0 Å². The van der Waals surface area contributed by atoms with Crippen LogP contribution >= 0.6 is 39.4 Å². The summed E-state index contributed by atoms with van der Waals surface area (Å²) < 4.78 is 0. The van der Waals surface area contributed by atoms with Gasteiger partial charge in [0.15, 0.2) is 0 Å². The minimum atomic E-state index is 0.441. The van der Waals surface area contributed by atoms with Gasteiger partial charge in [-0.3, -0.25) is 0 Å². The van der Waals surface area contributed by atoms with Crippen molar-refractivity contribution in [2.45, 2.75) is 51.4 Å². The predicted octanol–water partition coefficient (Wildman–Crippen LogP) is 5.41. The molecule has 2 aliphatic carbocycles. The van der Waals surface area contributed by atoms with E-state index >= 15 is 0 Å². The van der Waals surface area contributed by atoms with Crippen LogP contribution < -0.4 is 0 Å². The number of hydrogen-bond donors (Lipinski definition) is 0. The molecule has 2 bridgehead atoms. The van der Waals surface area contributed by atoms with Crippen molar-refractivity contribution in [2.24, 2.45) is 5.41 Å². The first-order valence-electron chi connectivity index (χ1n) is 5.37. The van der Waals surface area contributed by atoms with Gasteiger partial charge < -0.3 is 0 Å². The molecule has 2 atom stereocenters. The van der Waals surface area contributed by atoms with Crippen molar-refractivity contribution in [2.75, 3.05) is 0 Å². The van der Waals surface area contributed by atoms with Gasteiger partial charge in [0.25, 0.3) is 0 Å². The smallest absolute Gasteiger partial charge is 0.0370 e. The molecule has 1 saturated carbocycles. The van der Waals surface area contributed by atoms with Crippen LogP contribution in [0.15, 0.2) is 0 Å². The Labute approximate surface area is 105 Å². The Kier molecular flexibility index (Phi) is 2.07. The average Bonchev–Trinajstić information content (AvgIpc) is 2.47. The standard InChI is InChI=1S/C11H16S4/c1-9(2)10(3)5-6-11(9,4)8-7(10)12-14-15-13-8/h5-6H2,1-4H3/t10-,11+. The molecule has 0 radical (unpaired) electrons. The van der Waals surface area contributed by atoms with Crippen molar-refractivity contribution in [1.29, 1.82) is 0 Å². The van der Waals surface area contributed by atoms with Gasteiger partial charge >= 0.3 is 0 Å². The molecule has 0 saturated heterocycles. The Hall–Kier alpha value is 0.620. The lowest BCUT2D eigenvalue weighted by Crippen LogP contribution is -2.37. The normalized spacial score (nSPS) is 40.5. The van der Waals surface area contributed by atoms with Gasteiger partial charge in [0, 0.05) is 20.6 Å². The maximum absolute atomic E-state index is 2.49. The summed E-state index contributed by atoms with van der Waals surface area (Å²) in [5.74, 6) is 0. The Morgan fingerprint density at radius 1 is 0.800 bits per heavy atom. The van der Waals surface area contributed by atoms with Crippen LogP contribution in [0.5, 0.6) is 0 Å². The molecule has 0 unspecified atom stereocenters. The van der Waals surface area contributed by atoms with Gasteiger partial charge in [-0.25, -0.2) is 0 Å². The maximum atomic E-state index is 2.49. The van der Waals surface area contributed by atoms with Crippen LogP contribution in [-0.2, 0) is 10.8 Å². The molecule has 0 amide bonds. The first-order valence-corrected chi connectivity index (χ1v) is 10.2. The molecule has 0 spiro atoms. The van der Waals surface area contributed by atoms with Crippen LogP contribution in [0.4, 0.5) is 0 Å². The summed E-state index contributed by atoms with van der Waals surface area (Å²) in [6.45, 7) is 9.94. The zero-order chi connectivity index (χ0) is 10.9. The first-order chi connectivity index (χ1) is 6.93. The Balaban J connectivity index is 2.38. The van der Waals surface area contributed by atoms with Crippen LogP contribution in [-0.4, -0.2) is 0 Å². The summed E-state index contributed by atoms with van der Waals surface area (Å²) in [5.41, 5.74) is 1.33. The Morgan fingerprint density at radius 3 is 1.60 bits per heavy atom. The van der Waals surface area contributed by atoms with E-state index in [1.165, 1.54) is 12.8 Å². The van der Waals surface area contributed by atoms with Crippen LogP contribution in [0.25, 0.3) is 0 Å². The number of rotatable bonds is 0. The third-order valence-corrected chi connectivity index (χ3v) is 12.1. The molecule has 15 heavy (non-hydrogen) atoms. The highest BCUT2D eigenvalue weighted by atomic mass is 33.4. The van der Waals surface area contributed by atoms with Crippen molar-refractivity contribution in [3.63, 3.8) is 0 Å². The van der Waals surface area contributed by atoms with Crippen molar-refractivity contribution in [3.05, 3.63) is 9.75 Å². The topological polar surface area (TPSA) is 0 Å². The summed E-state index contributed by atoms with van der Waals surface area (Å²) in [7, 11) is 7.96. The van der Waals surface area contributed by atoms with Gasteiger partial charge in [0.05, 0.1) is 0 Å². The van der Waals surface area contributed by atoms with Crippen molar-refractivity contribution in [1.82, 2.24) is 0 Å². The zero-order valence-electron chi connectivity index (χ0n) is 9.55. The van der Waals surface area contributed by atoms with Gasteiger partial charge in [-0.1, -0.05) is 48.4 Å². The highest BCUT2D eigenvalue weighted by molar-refractivity contribution is 8.07. The van der Waals surface area contributed by atoms with Gasteiger partial charge in [0.1, 0.15) is 0 Å². The fourth-order valence-electron chi connectivity index (χ4n) is 3.39. The Bertz CT molecular complexity index is 403. The lowest BCUT2D eigenvalue weighted by Gasteiger charge is -2.38. The third kappa shape index (κ3) is 0.985. The molecule has 2 aliphatic rings. The molecule has 3 rings (SSSR count). The van der Waals surface area contributed by atoms with Crippen molar-refractivity contribution in [3.8, 4) is 0 Å². The second-order valence-corrected chi connectivity index (χ2v) is 11.4. The van der Waals surface area contributed by atoms with Crippen LogP contribution in [0.3, 0.4) is 0 Å². The summed E-state index contributed by atoms with van der Waals surface area (Å²) in [4.78, 5) is 3.41. The molecule has 0 aliphatic heterocycles. The monoisotopic (exact) mass is 276 g/mol. The molecule has 1 aromatic rings. The second kappa shape index (κ2) is 2.89. The average molecular weight is 277 g/mol. The highest BCUT2D eigenvalue weighted by Crippen LogP contribution is 2.72. The van der Waals surface area contributed by atoms with Crippen LogP contribution in [0.2, 0.25) is 0 Å². The van der Waals surface area contributed by atoms with E-state index in [-0.39, 0.29) is 0 Å². The SMILES string of the molecule is CC1(C)[C@@]2(C)CC[C@]1(C)c1ssssc12. The molecule has 1 fully saturated rings. The van der Waals surface area contributed by atoms with Gasteiger partial charge in [-0.15, -0.1) is 0 Å². The third-order valence-electron chi connectivity index (χ3n) is 5.35.